The summed E-state index contributed by atoms with van der Waals surface area (Å²) in [6, 6.07) is 15.5. The van der Waals surface area contributed by atoms with Crippen molar-refractivity contribution in [1.29, 1.82) is 0 Å². The predicted molar refractivity (Wildman–Crippen MR) is 154 cm³/mol. The molecule has 2 aromatic carbocycles. The molecule has 2 aliphatic rings. The third kappa shape index (κ3) is 8.23. The molecule has 43 heavy (non-hydrogen) atoms. The Morgan fingerprint density at radius 3 is 2.42 bits per heavy atom. The van der Waals surface area contributed by atoms with Gasteiger partial charge in [-0.05, 0) is 43.4 Å². The minimum atomic E-state index is -4.56. The fraction of sp³-hybridized carbons (Fsp3) is 0.469. The molecule has 0 unspecified atom stereocenters. The van der Waals surface area contributed by atoms with Gasteiger partial charge in [0.15, 0.2) is 5.69 Å². The smallest absolute Gasteiger partial charge is 0.417 e. The molecule has 1 amide bonds. The number of alkyl halides is 3. The number of nitrogens with zero attached hydrogens (tertiary/aromatic N) is 2. The summed E-state index contributed by atoms with van der Waals surface area (Å²) in [6.45, 7) is 1.69. The number of esters is 1. The van der Waals surface area contributed by atoms with E-state index in [1.165, 1.54) is 18.2 Å². The van der Waals surface area contributed by atoms with Gasteiger partial charge >= 0.3 is 12.1 Å². The molecular weight excluding hydrogens is 561 g/mol. The maximum absolute atomic E-state index is 13.9. The normalized spacial score (nSPS) is 17.1. The zero-order chi connectivity index (χ0) is 30.2. The first-order chi connectivity index (χ1) is 20.8. The molecule has 1 saturated heterocycles. The third-order valence-corrected chi connectivity index (χ3v) is 8.01. The Morgan fingerprint density at radius 2 is 1.70 bits per heavy atom. The fourth-order valence-electron chi connectivity index (χ4n) is 5.73. The number of carbonyl (C=O) groups excluding carboxylic acids is 2. The number of hydrogen-bond donors (Lipinski definition) is 2. The van der Waals surface area contributed by atoms with E-state index < -0.39 is 29.7 Å². The molecule has 5 rings (SSSR count). The molecule has 2 heterocycles. The van der Waals surface area contributed by atoms with Crippen LogP contribution in [0, 0.1) is 0 Å². The largest absolute Gasteiger partial charge is 0.461 e. The molecule has 230 valence electrons. The van der Waals surface area contributed by atoms with Gasteiger partial charge in [0.2, 0.25) is 0 Å². The Bertz CT molecular complexity index is 1370. The van der Waals surface area contributed by atoms with Crippen molar-refractivity contribution in [3.63, 3.8) is 0 Å². The number of amides is 1. The zero-order valence-corrected chi connectivity index (χ0v) is 23.9. The van der Waals surface area contributed by atoms with Gasteiger partial charge in [-0.25, -0.2) is 0 Å². The highest BCUT2D eigenvalue weighted by Crippen LogP contribution is 2.40. The van der Waals surface area contributed by atoms with Crippen molar-refractivity contribution < 1.29 is 32.2 Å². The van der Waals surface area contributed by atoms with Crippen molar-refractivity contribution in [2.75, 3.05) is 19.8 Å². The van der Waals surface area contributed by atoms with E-state index in [-0.39, 0.29) is 42.1 Å². The molecule has 2 fully saturated rings. The summed E-state index contributed by atoms with van der Waals surface area (Å²) in [5, 5.41) is 10.8. The van der Waals surface area contributed by atoms with Crippen molar-refractivity contribution in [2.45, 2.75) is 75.9 Å². The SMILES string of the molecule is O=C(C[C@H](CNC1CCOCC1)NC(=O)c1cc(-c2ccccc2C(F)(F)F)n(C2CCCC2)n1)OCc1ccccc1. The summed E-state index contributed by atoms with van der Waals surface area (Å²) in [4.78, 5) is 26.3. The minimum Gasteiger partial charge on any atom is -0.461 e. The standard InChI is InChI=1S/C32H37F3N4O4/c33-32(34,35)27-13-7-6-12-26(27)29-19-28(38-39(29)25-10-4-5-11-25)31(41)37-24(20-36-23-14-16-42-17-15-23)18-30(40)43-21-22-8-2-1-3-9-22/h1-3,6-9,12-13,19,23-25,36H,4-5,10-11,14-18,20-21H2,(H,37,41)/t24-/m1/s1. The van der Waals surface area contributed by atoms with Gasteiger partial charge in [0, 0.05) is 31.4 Å². The molecule has 0 spiro atoms. The highest BCUT2D eigenvalue weighted by molar-refractivity contribution is 5.94. The highest BCUT2D eigenvalue weighted by Gasteiger charge is 2.35. The van der Waals surface area contributed by atoms with E-state index in [0.29, 0.717) is 19.8 Å². The first-order valence-corrected chi connectivity index (χ1v) is 14.9. The van der Waals surface area contributed by atoms with E-state index in [9.17, 15) is 22.8 Å². The third-order valence-electron chi connectivity index (χ3n) is 8.01. The van der Waals surface area contributed by atoms with Crippen LogP contribution in [0.5, 0.6) is 0 Å². The molecule has 1 atom stereocenters. The van der Waals surface area contributed by atoms with Crippen LogP contribution in [0.4, 0.5) is 13.2 Å². The number of hydrogen-bond acceptors (Lipinski definition) is 6. The average molecular weight is 599 g/mol. The molecule has 2 N–H and O–H groups in total. The first-order valence-electron chi connectivity index (χ1n) is 14.9. The Labute approximate surface area is 248 Å². The van der Waals surface area contributed by atoms with E-state index in [4.69, 9.17) is 9.47 Å². The van der Waals surface area contributed by atoms with Crippen LogP contribution < -0.4 is 10.6 Å². The van der Waals surface area contributed by atoms with Crippen LogP contribution in [0.15, 0.2) is 60.7 Å². The van der Waals surface area contributed by atoms with Gasteiger partial charge in [-0.2, -0.15) is 18.3 Å². The van der Waals surface area contributed by atoms with Crippen molar-refractivity contribution in [3.8, 4) is 11.3 Å². The van der Waals surface area contributed by atoms with Gasteiger partial charge in [0.25, 0.3) is 5.91 Å². The van der Waals surface area contributed by atoms with E-state index in [0.717, 1.165) is 50.2 Å². The summed E-state index contributed by atoms with van der Waals surface area (Å²) < 4.78 is 54.3. The lowest BCUT2D eigenvalue weighted by Gasteiger charge is -2.26. The van der Waals surface area contributed by atoms with Crippen LogP contribution in [-0.2, 0) is 27.1 Å². The molecule has 1 aromatic heterocycles. The second-order valence-corrected chi connectivity index (χ2v) is 11.2. The number of halogens is 3. The average Bonchev–Trinajstić information content (AvgIpc) is 3.70. The summed E-state index contributed by atoms with van der Waals surface area (Å²) in [7, 11) is 0. The molecule has 1 aliphatic heterocycles. The van der Waals surface area contributed by atoms with Crippen molar-refractivity contribution in [3.05, 3.63) is 77.5 Å². The number of rotatable bonds is 11. The maximum Gasteiger partial charge on any atom is 0.417 e. The maximum atomic E-state index is 13.9. The van der Waals surface area contributed by atoms with Gasteiger partial charge < -0.3 is 20.1 Å². The lowest BCUT2D eigenvalue weighted by Crippen LogP contribution is -2.47. The van der Waals surface area contributed by atoms with Gasteiger partial charge in [-0.1, -0.05) is 61.4 Å². The van der Waals surface area contributed by atoms with Crippen molar-refractivity contribution in [2.24, 2.45) is 0 Å². The number of benzene rings is 2. The molecule has 0 bridgehead atoms. The quantitative estimate of drug-likeness (QED) is 0.276. The van der Waals surface area contributed by atoms with Crippen LogP contribution in [0.25, 0.3) is 11.3 Å². The zero-order valence-electron chi connectivity index (χ0n) is 23.9. The molecule has 11 heteroatoms. The second kappa shape index (κ2) is 14.2. The Kier molecular flexibility index (Phi) is 10.1. The molecule has 1 aliphatic carbocycles. The first kappa shape index (κ1) is 30.7. The van der Waals surface area contributed by atoms with Crippen molar-refractivity contribution in [1.82, 2.24) is 20.4 Å². The molecule has 1 saturated carbocycles. The van der Waals surface area contributed by atoms with E-state index in [1.807, 2.05) is 30.3 Å². The van der Waals surface area contributed by atoms with Crippen LogP contribution >= 0.6 is 0 Å². The Balaban J connectivity index is 1.35. The number of carbonyl (C=O) groups is 2. The molecule has 0 radical (unpaired) electrons. The predicted octanol–water partition coefficient (Wildman–Crippen LogP) is 5.68. The lowest BCUT2D eigenvalue weighted by atomic mass is 10.0. The minimum absolute atomic E-state index is 0.00703. The van der Waals surface area contributed by atoms with Gasteiger partial charge in [0.05, 0.1) is 29.8 Å². The number of aromatic nitrogens is 2. The van der Waals surface area contributed by atoms with Gasteiger partial charge in [0.1, 0.15) is 6.61 Å². The van der Waals surface area contributed by atoms with E-state index in [1.54, 1.807) is 10.7 Å². The Morgan fingerprint density at radius 1 is 1.00 bits per heavy atom. The molecule has 8 nitrogen and oxygen atoms in total. The van der Waals surface area contributed by atoms with Crippen LogP contribution in [-0.4, -0.2) is 53.5 Å². The van der Waals surface area contributed by atoms with Crippen LogP contribution in [0.3, 0.4) is 0 Å². The topological polar surface area (TPSA) is 94.5 Å². The van der Waals surface area contributed by atoms with Crippen molar-refractivity contribution >= 4 is 11.9 Å². The van der Waals surface area contributed by atoms with E-state index >= 15 is 0 Å². The van der Waals surface area contributed by atoms with E-state index in [2.05, 4.69) is 15.7 Å². The number of ether oxygens (including phenoxy) is 2. The number of nitrogens with one attached hydrogen (secondary N) is 2. The van der Waals surface area contributed by atoms with Crippen LogP contribution in [0.2, 0.25) is 0 Å². The summed E-state index contributed by atoms with van der Waals surface area (Å²) in [5.74, 6) is -1.03. The molecule has 3 aromatic rings. The lowest BCUT2D eigenvalue weighted by molar-refractivity contribution is -0.145. The van der Waals surface area contributed by atoms with Gasteiger partial charge in [-0.15, -0.1) is 0 Å². The summed E-state index contributed by atoms with van der Waals surface area (Å²) in [5.41, 5.74) is 0.314. The second-order valence-electron chi connectivity index (χ2n) is 11.2. The van der Waals surface area contributed by atoms with Crippen LogP contribution in [0.1, 0.15) is 72.6 Å². The monoisotopic (exact) mass is 598 g/mol. The highest BCUT2D eigenvalue weighted by atomic mass is 19.4. The van der Waals surface area contributed by atoms with Gasteiger partial charge in [-0.3, -0.25) is 14.3 Å². The molecular formula is C32H37F3N4O4. The summed E-state index contributed by atoms with van der Waals surface area (Å²) >= 11 is 0. The Hall–Kier alpha value is -3.70. The fourth-order valence-corrected chi connectivity index (χ4v) is 5.73. The summed E-state index contributed by atoms with van der Waals surface area (Å²) in [6.07, 6.45) is 0.408.